The number of nitrogens with one attached hydrogen (secondary N) is 1. The summed E-state index contributed by atoms with van der Waals surface area (Å²) < 4.78 is 5.47. The quantitative estimate of drug-likeness (QED) is 0.0321. The number of amides is 1. The van der Waals surface area contributed by atoms with Gasteiger partial charge in [-0.2, -0.15) is 0 Å². The van der Waals surface area contributed by atoms with Gasteiger partial charge in [-0.05, 0) is 57.8 Å². The van der Waals surface area contributed by atoms with E-state index in [4.69, 9.17) is 4.74 Å². The number of carbonyl (C=O) groups excluding carboxylic acids is 2. The number of aliphatic hydroxyl groups is 2. The first-order valence-electron chi connectivity index (χ1n) is 31.4. The Morgan fingerprint density at radius 2 is 0.681 bits per heavy atom. The van der Waals surface area contributed by atoms with Crippen molar-refractivity contribution in [2.45, 2.75) is 366 Å². The van der Waals surface area contributed by atoms with Crippen LogP contribution in [0.1, 0.15) is 354 Å². The van der Waals surface area contributed by atoms with Crippen LogP contribution in [0, 0.1) is 0 Å². The molecule has 0 aliphatic rings. The summed E-state index contributed by atoms with van der Waals surface area (Å²) in [7, 11) is 0. The second-order valence-electron chi connectivity index (χ2n) is 21.7. The number of ether oxygens (including phenoxy) is 1. The van der Waals surface area contributed by atoms with Gasteiger partial charge in [0.15, 0.2) is 0 Å². The summed E-state index contributed by atoms with van der Waals surface area (Å²) in [5, 5.41) is 23.4. The van der Waals surface area contributed by atoms with Crippen LogP contribution in [-0.2, 0) is 14.3 Å². The summed E-state index contributed by atoms with van der Waals surface area (Å²) in [6.45, 7) is 4.93. The Hall–Kier alpha value is -1.40. The fraction of sp³-hybridized carbons (Fsp3) is 0.937. The maximum Gasteiger partial charge on any atom is 0.305 e. The first kappa shape index (κ1) is 67.6. The molecule has 0 radical (unpaired) electrons. The van der Waals surface area contributed by atoms with Gasteiger partial charge in [-0.25, -0.2) is 0 Å². The van der Waals surface area contributed by atoms with Crippen LogP contribution in [0.25, 0.3) is 0 Å². The highest BCUT2D eigenvalue weighted by Gasteiger charge is 2.20. The fourth-order valence-electron chi connectivity index (χ4n) is 9.99. The Morgan fingerprint density at radius 1 is 0.391 bits per heavy atom. The SMILES string of the molecule is CCCCCCCCCCCCCCCCCCCCCCCCCC(O)C(CO)NC(=O)CCCCCCC/C=C\CCCCCOC(=O)CCCCCCCCCCCCCCCCCCC. The third-order valence-electron chi connectivity index (χ3n) is 14.8. The molecule has 0 rings (SSSR count). The van der Waals surface area contributed by atoms with Crippen LogP contribution in [0.15, 0.2) is 12.2 Å². The lowest BCUT2D eigenvalue weighted by molar-refractivity contribution is -0.143. The number of hydrogen-bond donors (Lipinski definition) is 3. The number of aliphatic hydroxyl groups excluding tert-OH is 2. The summed E-state index contributed by atoms with van der Waals surface area (Å²) in [5.74, 6) is -0.0737. The molecule has 2 atom stereocenters. The third-order valence-corrected chi connectivity index (χ3v) is 14.8. The van der Waals surface area contributed by atoms with Crippen LogP contribution in [0.2, 0.25) is 0 Å². The molecule has 0 aliphatic carbocycles. The molecule has 1 amide bonds. The molecule has 3 N–H and O–H groups in total. The van der Waals surface area contributed by atoms with Crippen molar-refractivity contribution in [1.29, 1.82) is 0 Å². The minimum Gasteiger partial charge on any atom is -0.466 e. The molecular weight excluding hydrogens is 851 g/mol. The van der Waals surface area contributed by atoms with Gasteiger partial charge in [-0.1, -0.05) is 296 Å². The predicted molar refractivity (Wildman–Crippen MR) is 301 cm³/mol. The molecule has 0 fully saturated rings. The van der Waals surface area contributed by atoms with Crippen molar-refractivity contribution in [1.82, 2.24) is 5.32 Å². The zero-order valence-corrected chi connectivity index (χ0v) is 46.8. The Balaban J connectivity index is 3.46. The predicted octanol–water partition coefficient (Wildman–Crippen LogP) is 19.6. The van der Waals surface area contributed by atoms with E-state index in [1.54, 1.807) is 0 Å². The van der Waals surface area contributed by atoms with Crippen LogP contribution in [0.4, 0.5) is 0 Å². The Morgan fingerprint density at radius 3 is 1.03 bits per heavy atom. The van der Waals surface area contributed by atoms with E-state index in [-0.39, 0.29) is 18.5 Å². The van der Waals surface area contributed by atoms with E-state index < -0.39 is 12.1 Å². The summed E-state index contributed by atoms with van der Waals surface area (Å²) in [6, 6.07) is -0.560. The number of allylic oxidation sites excluding steroid dienone is 2. The topological polar surface area (TPSA) is 95.9 Å². The van der Waals surface area contributed by atoms with Crippen LogP contribution >= 0.6 is 0 Å². The lowest BCUT2D eigenvalue weighted by atomic mass is 10.0. The van der Waals surface area contributed by atoms with E-state index in [2.05, 4.69) is 31.3 Å². The van der Waals surface area contributed by atoms with Crippen molar-refractivity contribution >= 4 is 11.9 Å². The molecule has 0 spiro atoms. The van der Waals surface area contributed by atoms with E-state index in [0.29, 0.717) is 25.9 Å². The van der Waals surface area contributed by atoms with Gasteiger partial charge >= 0.3 is 5.97 Å². The largest absolute Gasteiger partial charge is 0.466 e. The molecule has 0 aromatic rings. The lowest BCUT2D eigenvalue weighted by Gasteiger charge is -2.22. The fourth-order valence-corrected chi connectivity index (χ4v) is 9.99. The molecule has 0 heterocycles. The smallest absolute Gasteiger partial charge is 0.305 e. The highest BCUT2D eigenvalue weighted by molar-refractivity contribution is 5.76. The van der Waals surface area contributed by atoms with Crippen molar-refractivity contribution < 1.29 is 24.5 Å². The van der Waals surface area contributed by atoms with Crippen LogP contribution in [0.3, 0.4) is 0 Å². The van der Waals surface area contributed by atoms with Gasteiger partial charge in [0.1, 0.15) is 0 Å². The standard InChI is InChI=1S/C63H123NO5/c1-3-5-7-9-11-13-15-17-19-21-22-23-24-25-26-28-29-31-35-39-43-47-51-55-61(66)60(59-65)64-62(67)56-52-48-44-40-36-33-34-38-42-46-50-54-58-69-63(68)57-53-49-45-41-37-32-30-27-20-18-16-14-12-10-8-6-4-2/h34,38,60-61,65-66H,3-33,35-37,39-59H2,1-2H3,(H,64,67)/b38-34-. The molecule has 0 aromatic heterocycles. The highest BCUT2D eigenvalue weighted by Crippen LogP contribution is 2.18. The summed E-state index contributed by atoms with van der Waals surface area (Å²) >= 11 is 0. The van der Waals surface area contributed by atoms with Crippen molar-refractivity contribution in [3.8, 4) is 0 Å². The first-order valence-corrected chi connectivity index (χ1v) is 31.4. The molecule has 0 bridgehead atoms. The van der Waals surface area contributed by atoms with Crippen LogP contribution in [0.5, 0.6) is 0 Å². The first-order chi connectivity index (χ1) is 34.0. The molecule has 0 aromatic carbocycles. The van der Waals surface area contributed by atoms with Gasteiger partial charge < -0.3 is 20.3 Å². The molecular formula is C63H123NO5. The zero-order chi connectivity index (χ0) is 50.0. The molecule has 0 saturated heterocycles. The van der Waals surface area contributed by atoms with Crippen molar-refractivity contribution in [2.24, 2.45) is 0 Å². The molecule has 0 aliphatic heterocycles. The molecule has 2 unspecified atom stereocenters. The second-order valence-corrected chi connectivity index (χ2v) is 21.7. The minimum atomic E-state index is -0.681. The highest BCUT2D eigenvalue weighted by atomic mass is 16.5. The second kappa shape index (κ2) is 59.2. The Kier molecular flexibility index (Phi) is 58.0. The normalized spacial score (nSPS) is 12.6. The van der Waals surface area contributed by atoms with Crippen molar-refractivity contribution in [2.75, 3.05) is 13.2 Å². The van der Waals surface area contributed by atoms with Gasteiger partial charge in [0.2, 0.25) is 5.91 Å². The number of esters is 1. The van der Waals surface area contributed by atoms with Gasteiger partial charge in [-0.15, -0.1) is 0 Å². The third kappa shape index (κ3) is 55.8. The van der Waals surface area contributed by atoms with Crippen molar-refractivity contribution in [3.05, 3.63) is 12.2 Å². The molecule has 69 heavy (non-hydrogen) atoms. The van der Waals surface area contributed by atoms with Gasteiger partial charge in [0.25, 0.3) is 0 Å². The zero-order valence-electron chi connectivity index (χ0n) is 46.8. The monoisotopic (exact) mass is 974 g/mol. The number of rotatable bonds is 59. The van der Waals surface area contributed by atoms with E-state index in [1.807, 2.05) is 0 Å². The van der Waals surface area contributed by atoms with E-state index in [1.165, 1.54) is 244 Å². The average Bonchev–Trinajstić information content (AvgIpc) is 3.35. The number of hydrogen-bond acceptors (Lipinski definition) is 5. The molecule has 6 heteroatoms. The van der Waals surface area contributed by atoms with E-state index in [0.717, 1.165) is 77.0 Å². The minimum absolute atomic E-state index is 0.0174. The van der Waals surface area contributed by atoms with Crippen molar-refractivity contribution in [3.63, 3.8) is 0 Å². The number of carbonyl (C=O) groups is 2. The Labute approximate surface area is 431 Å². The van der Waals surface area contributed by atoms with Gasteiger partial charge in [-0.3, -0.25) is 9.59 Å². The van der Waals surface area contributed by atoms with Gasteiger partial charge in [0, 0.05) is 12.8 Å². The molecule has 410 valence electrons. The van der Waals surface area contributed by atoms with E-state index in [9.17, 15) is 19.8 Å². The maximum absolute atomic E-state index is 12.5. The number of unbranched alkanes of at least 4 members (excludes halogenated alkanes) is 46. The average molecular weight is 975 g/mol. The van der Waals surface area contributed by atoms with Gasteiger partial charge in [0.05, 0.1) is 25.4 Å². The maximum atomic E-state index is 12.5. The van der Waals surface area contributed by atoms with E-state index >= 15 is 0 Å². The Bertz CT molecular complexity index is 1030. The van der Waals surface area contributed by atoms with Crippen LogP contribution in [-0.4, -0.2) is 47.4 Å². The molecule has 6 nitrogen and oxygen atoms in total. The molecule has 0 saturated carbocycles. The summed E-state index contributed by atoms with van der Waals surface area (Å²) in [6.07, 6.45) is 70.8. The summed E-state index contributed by atoms with van der Waals surface area (Å²) in [4.78, 5) is 24.6. The summed E-state index contributed by atoms with van der Waals surface area (Å²) in [5.41, 5.74) is 0. The van der Waals surface area contributed by atoms with Crippen LogP contribution < -0.4 is 5.32 Å². The lowest BCUT2D eigenvalue weighted by Crippen LogP contribution is -2.45.